The highest BCUT2D eigenvalue weighted by atomic mass is 16.7. The van der Waals surface area contributed by atoms with Crippen LogP contribution in [0.3, 0.4) is 0 Å². The molecule has 0 aromatic carbocycles. The summed E-state index contributed by atoms with van der Waals surface area (Å²) in [7, 11) is 0. The summed E-state index contributed by atoms with van der Waals surface area (Å²) in [6.07, 6.45) is 14.9. The third-order valence-electron chi connectivity index (χ3n) is 7.31. The monoisotopic (exact) mass is 601 g/mol. The molecule has 1 unspecified atom stereocenters. The summed E-state index contributed by atoms with van der Waals surface area (Å²) in [5.74, 6) is -0.414. The third-order valence-corrected chi connectivity index (χ3v) is 7.31. The lowest BCUT2D eigenvalue weighted by atomic mass is 10.1. The van der Waals surface area contributed by atoms with Crippen LogP contribution in [0.15, 0.2) is 0 Å². The molecule has 0 aliphatic rings. The average molecular weight is 602 g/mol. The van der Waals surface area contributed by atoms with Gasteiger partial charge in [-0.15, -0.1) is 0 Å². The second-order valence-electron chi connectivity index (χ2n) is 12.2. The zero-order valence-electron chi connectivity index (χ0n) is 28.5. The molecule has 0 saturated carbocycles. The Morgan fingerprint density at radius 2 is 1.10 bits per heavy atom. The molecule has 0 aromatic heterocycles. The van der Waals surface area contributed by atoms with Crippen molar-refractivity contribution in [3.63, 3.8) is 0 Å². The van der Waals surface area contributed by atoms with E-state index in [9.17, 15) is 9.59 Å². The van der Waals surface area contributed by atoms with Crippen molar-refractivity contribution in [1.82, 2.24) is 4.90 Å². The maximum absolute atomic E-state index is 12.4. The summed E-state index contributed by atoms with van der Waals surface area (Å²) in [5.41, 5.74) is 0. The first-order valence-electron chi connectivity index (χ1n) is 17.1. The Hall–Kier alpha value is -1.38. The lowest BCUT2D eigenvalue weighted by Gasteiger charge is -2.30. The first-order chi connectivity index (χ1) is 20.2. The van der Waals surface area contributed by atoms with E-state index in [1.54, 1.807) is 0 Å². The molecule has 42 heavy (non-hydrogen) atoms. The Kier molecular flexibility index (Phi) is 27.5. The lowest BCUT2D eigenvalue weighted by Crippen LogP contribution is -2.38. The molecule has 0 fully saturated rings. The van der Waals surface area contributed by atoms with Gasteiger partial charge in [0.2, 0.25) is 0 Å². The van der Waals surface area contributed by atoms with E-state index in [0.717, 1.165) is 38.6 Å². The predicted molar refractivity (Wildman–Crippen MR) is 171 cm³/mol. The molecule has 0 N–H and O–H groups in total. The number of unbranched alkanes of at least 4 members (excludes halogenated alkanes) is 10. The molecule has 0 rings (SSSR count). The number of carbonyl (C=O) groups excluding carboxylic acids is 2. The molecule has 0 amide bonds. The highest BCUT2D eigenvalue weighted by Crippen LogP contribution is 2.12. The summed E-state index contributed by atoms with van der Waals surface area (Å²) < 4.78 is 27.8. The Balaban J connectivity index is 4.22. The average Bonchev–Trinajstić information content (AvgIpc) is 2.95. The highest BCUT2D eigenvalue weighted by Gasteiger charge is 2.16. The topological polar surface area (TPSA) is 83.5 Å². The molecule has 8 heteroatoms. The van der Waals surface area contributed by atoms with Crippen LogP contribution < -0.4 is 0 Å². The number of nitrogens with zero attached hydrogens (tertiary/aromatic N) is 1. The van der Waals surface area contributed by atoms with Crippen molar-refractivity contribution < 1.29 is 33.3 Å². The molecule has 0 aromatic rings. The van der Waals surface area contributed by atoms with E-state index < -0.39 is 6.16 Å². The van der Waals surface area contributed by atoms with E-state index in [4.69, 9.17) is 23.7 Å². The smallest absolute Gasteiger partial charge is 0.465 e. The number of hydrogen-bond acceptors (Lipinski definition) is 8. The van der Waals surface area contributed by atoms with E-state index >= 15 is 0 Å². The zero-order valence-corrected chi connectivity index (χ0v) is 28.5. The fraction of sp³-hybridized carbons (Fsp3) is 0.941. The Labute approximate surface area is 258 Å². The maximum atomic E-state index is 12.4. The van der Waals surface area contributed by atoms with Crippen molar-refractivity contribution in [1.29, 1.82) is 0 Å². The van der Waals surface area contributed by atoms with Crippen LogP contribution in [-0.2, 0) is 28.5 Å². The van der Waals surface area contributed by atoms with Crippen LogP contribution in [0, 0.1) is 5.92 Å². The fourth-order valence-electron chi connectivity index (χ4n) is 4.77. The Morgan fingerprint density at radius 3 is 1.62 bits per heavy atom. The first-order valence-corrected chi connectivity index (χ1v) is 17.1. The summed E-state index contributed by atoms with van der Waals surface area (Å²) in [4.78, 5) is 26.7. The SMILES string of the molecule is CCCCCCCCOC(CCC(=O)OCC(C)COC(=O)OCCCN(C(C)C)C(C)C)OCCCCCCCC. The van der Waals surface area contributed by atoms with Crippen molar-refractivity contribution in [2.45, 2.75) is 163 Å². The Bertz CT molecular complexity index is 603. The second-order valence-corrected chi connectivity index (χ2v) is 12.2. The normalized spacial score (nSPS) is 12.5. The van der Waals surface area contributed by atoms with Gasteiger partial charge in [0.15, 0.2) is 6.29 Å². The van der Waals surface area contributed by atoms with Gasteiger partial charge in [-0.2, -0.15) is 0 Å². The van der Waals surface area contributed by atoms with Gasteiger partial charge in [-0.05, 0) is 47.0 Å². The van der Waals surface area contributed by atoms with Crippen molar-refractivity contribution in [3.8, 4) is 0 Å². The largest absolute Gasteiger partial charge is 0.508 e. The van der Waals surface area contributed by atoms with Crippen molar-refractivity contribution >= 4 is 12.1 Å². The van der Waals surface area contributed by atoms with E-state index in [-0.39, 0.29) is 37.8 Å². The minimum Gasteiger partial charge on any atom is -0.465 e. The van der Waals surface area contributed by atoms with E-state index in [0.29, 0.717) is 38.3 Å². The predicted octanol–water partition coefficient (Wildman–Crippen LogP) is 8.69. The van der Waals surface area contributed by atoms with Gasteiger partial charge in [-0.25, -0.2) is 4.79 Å². The number of hydrogen-bond donors (Lipinski definition) is 0. The molecule has 0 spiro atoms. The minimum atomic E-state index is -0.679. The van der Waals surface area contributed by atoms with Crippen LogP contribution in [-0.4, -0.2) is 75.0 Å². The van der Waals surface area contributed by atoms with Gasteiger partial charge in [0.25, 0.3) is 0 Å². The molecular formula is C34H67NO7. The number of ether oxygens (including phenoxy) is 5. The van der Waals surface area contributed by atoms with Crippen LogP contribution in [0.25, 0.3) is 0 Å². The molecule has 0 aliphatic carbocycles. The summed E-state index contributed by atoms with van der Waals surface area (Å²) in [5, 5.41) is 0. The van der Waals surface area contributed by atoms with Crippen LogP contribution in [0.2, 0.25) is 0 Å². The number of esters is 1. The standard InChI is InChI=1S/C34H67NO7/c1-8-10-12-14-16-18-24-38-33(39-25-19-17-15-13-11-9-2)22-21-32(36)41-27-31(7)28-42-34(37)40-26-20-23-35(29(3)4)30(5)6/h29-31,33H,8-28H2,1-7H3. The van der Waals surface area contributed by atoms with Gasteiger partial charge in [0.05, 0.1) is 19.6 Å². The summed E-state index contributed by atoms with van der Waals surface area (Å²) in [6, 6.07) is 0.892. The quantitative estimate of drug-likeness (QED) is 0.0478. The number of rotatable bonds is 29. The minimum absolute atomic E-state index is 0.123. The summed E-state index contributed by atoms with van der Waals surface area (Å²) in [6.45, 7) is 17.8. The molecule has 0 bridgehead atoms. The van der Waals surface area contributed by atoms with Crippen LogP contribution in [0.4, 0.5) is 4.79 Å². The molecule has 0 radical (unpaired) electrons. The van der Waals surface area contributed by atoms with Crippen molar-refractivity contribution in [3.05, 3.63) is 0 Å². The molecule has 0 heterocycles. The van der Waals surface area contributed by atoms with Crippen molar-refractivity contribution in [2.75, 3.05) is 39.6 Å². The summed E-state index contributed by atoms with van der Waals surface area (Å²) >= 11 is 0. The molecule has 0 saturated heterocycles. The van der Waals surface area contributed by atoms with Crippen LogP contribution >= 0.6 is 0 Å². The van der Waals surface area contributed by atoms with Gasteiger partial charge in [-0.3, -0.25) is 9.69 Å². The van der Waals surface area contributed by atoms with E-state index in [1.807, 2.05) is 6.92 Å². The van der Waals surface area contributed by atoms with Crippen molar-refractivity contribution in [2.24, 2.45) is 5.92 Å². The Morgan fingerprint density at radius 1 is 0.595 bits per heavy atom. The first kappa shape index (κ1) is 40.6. The molecule has 1 atom stereocenters. The number of carbonyl (C=O) groups is 2. The van der Waals surface area contributed by atoms with Gasteiger partial charge < -0.3 is 23.7 Å². The molecule has 0 aliphatic heterocycles. The molecular weight excluding hydrogens is 534 g/mol. The lowest BCUT2D eigenvalue weighted by molar-refractivity contribution is -0.160. The zero-order chi connectivity index (χ0) is 31.4. The molecule has 8 nitrogen and oxygen atoms in total. The van der Waals surface area contributed by atoms with Crippen LogP contribution in [0.1, 0.15) is 145 Å². The van der Waals surface area contributed by atoms with Gasteiger partial charge in [-0.1, -0.05) is 85.0 Å². The van der Waals surface area contributed by atoms with E-state index in [1.165, 1.54) is 51.4 Å². The second kappa shape index (κ2) is 28.4. The van der Waals surface area contributed by atoms with Gasteiger partial charge in [0, 0.05) is 44.2 Å². The van der Waals surface area contributed by atoms with E-state index in [2.05, 4.69) is 46.4 Å². The fourth-order valence-corrected chi connectivity index (χ4v) is 4.77. The van der Waals surface area contributed by atoms with Crippen LogP contribution in [0.5, 0.6) is 0 Å². The third kappa shape index (κ3) is 25.1. The highest BCUT2D eigenvalue weighted by molar-refractivity contribution is 5.69. The van der Waals surface area contributed by atoms with Gasteiger partial charge >= 0.3 is 12.1 Å². The molecule has 250 valence electrons. The van der Waals surface area contributed by atoms with Gasteiger partial charge in [0.1, 0.15) is 6.61 Å². The maximum Gasteiger partial charge on any atom is 0.508 e.